The number of nitriles is 1. The van der Waals surface area contributed by atoms with E-state index < -0.39 is 5.97 Å². The van der Waals surface area contributed by atoms with Crippen LogP contribution in [0.3, 0.4) is 0 Å². The van der Waals surface area contributed by atoms with E-state index in [0.29, 0.717) is 50.4 Å². The second kappa shape index (κ2) is 11.3. The Hall–Kier alpha value is -4.13. The van der Waals surface area contributed by atoms with Crippen LogP contribution in [0.1, 0.15) is 55.0 Å². The molecule has 1 amide bonds. The van der Waals surface area contributed by atoms with E-state index in [0.717, 1.165) is 22.3 Å². The van der Waals surface area contributed by atoms with Gasteiger partial charge in [-0.3, -0.25) is 4.79 Å². The number of aryl methyl sites for hydroxylation is 1. The van der Waals surface area contributed by atoms with E-state index >= 15 is 0 Å². The maximum atomic E-state index is 12.0. The van der Waals surface area contributed by atoms with E-state index in [9.17, 15) is 20.0 Å². The number of carbonyl (C=O) groups excluding carboxylic acids is 1. The molecule has 3 heterocycles. The summed E-state index contributed by atoms with van der Waals surface area (Å²) in [6, 6.07) is 13.9. The molecule has 0 bridgehead atoms. The number of benzene rings is 1. The normalized spacial score (nSPS) is 15.6. The summed E-state index contributed by atoms with van der Waals surface area (Å²) in [4.78, 5) is 37.2. The number of anilines is 1. The molecular formula is C27H32N6O4. The summed E-state index contributed by atoms with van der Waals surface area (Å²) in [5.41, 5.74) is 4.09. The molecule has 0 radical (unpaired) electrons. The number of nitrogens with zero attached hydrogens (tertiary/aromatic N) is 4. The summed E-state index contributed by atoms with van der Waals surface area (Å²) in [5.74, 6) is -0.274. The standard InChI is InChI=1S/C27H32N6O4/c1-18-6-7-22-24(29-18)32-25(31-22)30-21(9-13-28)20-5-3-4-19(16-20)17-27(10-8-23(34)35)11-14-33(15-12-27)26(36)37-2/h3-7,16,21H,8-12,14-15,17H2,1-2H3,(H,34,35)(H2,29,30,31,32)/t21-/m1/s1. The number of hydrogen-bond acceptors (Lipinski definition) is 7. The zero-order valence-corrected chi connectivity index (χ0v) is 21.2. The van der Waals surface area contributed by atoms with E-state index in [1.807, 2.05) is 37.3 Å². The molecule has 2 aromatic heterocycles. The van der Waals surface area contributed by atoms with Crippen LogP contribution in [0.5, 0.6) is 0 Å². The first-order valence-electron chi connectivity index (χ1n) is 12.4. The second-order valence-electron chi connectivity index (χ2n) is 9.74. The van der Waals surface area contributed by atoms with Gasteiger partial charge in [-0.2, -0.15) is 10.2 Å². The lowest BCUT2D eigenvalue weighted by molar-refractivity contribution is -0.138. The predicted molar refractivity (Wildman–Crippen MR) is 138 cm³/mol. The average molecular weight is 505 g/mol. The van der Waals surface area contributed by atoms with Crippen LogP contribution >= 0.6 is 0 Å². The molecule has 10 nitrogen and oxygen atoms in total. The van der Waals surface area contributed by atoms with E-state index in [1.54, 1.807) is 4.90 Å². The molecular weight excluding hydrogens is 472 g/mol. The zero-order valence-electron chi connectivity index (χ0n) is 21.2. The summed E-state index contributed by atoms with van der Waals surface area (Å²) in [6.45, 7) is 2.97. The van der Waals surface area contributed by atoms with Gasteiger partial charge in [-0.1, -0.05) is 24.3 Å². The number of fused-ring (bicyclic) bond motifs is 1. The van der Waals surface area contributed by atoms with Crippen LogP contribution in [0.2, 0.25) is 0 Å². The Kier molecular flexibility index (Phi) is 7.92. The molecule has 4 rings (SSSR count). The van der Waals surface area contributed by atoms with Gasteiger partial charge in [0.1, 0.15) is 0 Å². The first-order valence-corrected chi connectivity index (χ1v) is 12.4. The van der Waals surface area contributed by atoms with Gasteiger partial charge in [0.05, 0.1) is 31.2 Å². The first-order chi connectivity index (χ1) is 17.8. The molecule has 1 fully saturated rings. The summed E-state index contributed by atoms with van der Waals surface area (Å²) >= 11 is 0. The van der Waals surface area contributed by atoms with Crippen LogP contribution < -0.4 is 5.32 Å². The van der Waals surface area contributed by atoms with E-state index in [1.165, 1.54) is 7.11 Å². The van der Waals surface area contributed by atoms with Crippen LogP contribution in [0.4, 0.5) is 10.7 Å². The number of imidazole rings is 1. The van der Waals surface area contributed by atoms with Crippen molar-refractivity contribution in [3.63, 3.8) is 0 Å². The molecule has 0 saturated carbocycles. The summed E-state index contributed by atoms with van der Waals surface area (Å²) in [6.07, 6.45) is 2.59. The van der Waals surface area contributed by atoms with E-state index in [-0.39, 0.29) is 30.4 Å². The van der Waals surface area contributed by atoms with Gasteiger partial charge in [0, 0.05) is 25.2 Å². The number of likely N-dealkylation sites (tertiary alicyclic amines) is 1. The van der Waals surface area contributed by atoms with Gasteiger partial charge >= 0.3 is 12.1 Å². The van der Waals surface area contributed by atoms with Crippen molar-refractivity contribution < 1.29 is 19.4 Å². The van der Waals surface area contributed by atoms with Crippen molar-refractivity contribution in [2.45, 2.75) is 51.5 Å². The monoisotopic (exact) mass is 504 g/mol. The number of carboxylic acids is 1. The van der Waals surface area contributed by atoms with Gasteiger partial charge in [0.25, 0.3) is 0 Å². The van der Waals surface area contributed by atoms with Crippen LogP contribution in [-0.4, -0.2) is 57.2 Å². The Morgan fingerprint density at radius 2 is 2.05 bits per heavy atom. The number of nitrogens with one attached hydrogen (secondary N) is 2. The maximum absolute atomic E-state index is 12.0. The number of rotatable bonds is 9. The lowest BCUT2D eigenvalue weighted by Crippen LogP contribution is -2.44. The predicted octanol–water partition coefficient (Wildman–Crippen LogP) is 4.59. The first kappa shape index (κ1) is 25.9. The molecule has 3 aromatic rings. The molecule has 1 aliphatic rings. The van der Waals surface area contributed by atoms with Crippen molar-refractivity contribution in [1.82, 2.24) is 19.9 Å². The molecule has 194 valence electrons. The van der Waals surface area contributed by atoms with Gasteiger partial charge in [0.15, 0.2) is 5.65 Å². The molecule has 1 saturated heterocycles. The molecule has 37 heavy (non-hydrogen) atoms. The van der Waals surface area contributed by atoms with Crippen molar-refractivity contribution in [2.75, 3.05) is 25.5 Å². The smallest absolute Gasteiger partial charge is 0.409 e. The fourth-order valence-corrected chi connectivity index (χ4v) is 5.10. The number of ether oxygens (including phenoxy) is 1. The number of aliphatic carboxylic acids is 1. The molecule has 1 atom stereocenters. The van der Waals surface area contributed by atoms with Gasteiger partial charge in [-0.25, -0.2) is 9.78 Å². The number of methoxy groups -OCH3 is 1. The third-order valence-electron chi connectivity index (χ3n) is 7.15. The Labute approximate surface area is 215 Å². The molecule has 0 spiro atoms. The minimum absolute atomic E-state index is 0.0795. The highest BCUT2D eigenvalue weighted by molar-refractivity contribution is 5.73. The van der Waals surface area contributed by atoms with Crippen LogP contribution in [0.15, 0.2) is 36.4 Å². The minimum Gasteiger partial charge on any atom is -0.481 e. The SMILES string of the molecule is COC(=O)N1CCC(CCC(=O)O)(Cc2cccc([C@@H](CC#N)Nc3nc4nc(C)ccc4[nH]3)c2)CC1. The summed E-state index contributed by atoms with van der Waals surface area (Å²) in [5, 5.41) is 22.2. The molecule has 1 aromatic carbocycles. The molecule has 0 aliphatic carbocycles. The fourth-order valence-electron chi connectivity index (χ4n) is 5.10. The van der Waals surface area contributed by atoms with Crippen molar-refractivity contribution in [1.29, 1.82) is 5.26 Å². The Morgan fingerprint density at radius 1 is 1.27 bits per heavy atom. The van der Waals surface area contributed by atoms with Gasteiger partial charge in [-0.15, -0.1) is 0 Å². The lowest BCUT2D eigenvalue weighted by atomic mass is 9.70. The highest BCUT2D eigenvalue weighted by Gasteiger charge is 2.36. The number of hydrogen-bond donors (Lipinski definition) is 3. The maximum Gasteiger partial charge on any atom is 0.409 e. The molecule has 1 aliphatic heterocycles. The van der Waals surface area contributed by atoms with Gasteiger partial charge < -0.3 is 25.0 Å². The summed E-state index contributed by atoms with van der Waals surface area (Å²) in [7, 11) is 1.37. The number of aromatic nitrogens is 3. The van der Waals surface area contributed by atoms with E-state index in [2.05, 4.69) is 32.4 Å². The number of carbonyl (C=O) groups is 2. The van der Waals surface area contributed by atoms with Crippen molar-refractivity contribution >= 4 is 29.2 Å². The quantitative estimate of drug-likeness (QED) is 0.384. The Balaban J connectivity index is 1.54. The Morgan fingerprint density at radius 3 is 2.76 bits per heavy atom. The topological polar surface area (TPSA) is 144 Å². The van der Waals surface area contributed by atoms with Gasteiger partial charge in [-0.05, 0) is 61.3 Å². The lowest BCUT2D eigenvalue weighted by Gasteiger charge is -2.41. The van der Waals surface area contributed by atoms with Gasteiger partial charge in [0.2, 0.25) is 5.95 Å². The zero-order chi connectivity index (χ0) is 26.4. The van der Waals surface area contributed by atoms with Crippen molar-refractivity contribution in [3.8, 4) is 6.07 Å². The number of aromatic amines is 1. The molecule has 10 heteroatoms. The summed E-state index contributed by atoms with van der Waals surface area (Å²) < 4.78 is 4.86. The fraction of sp³-hybridized carbons (Fsp3) is 0.444. The number of amides is 1. The number of carboxylic acid groups (broad SMARTS) is 1. The largest absolute Gasteiger partial charge is 0.481 e. The second-order valence-corrected chi connectivity index (χ2v) is 9.74. The third-order valence-corrected chi connectivity index (χ3v) is 7.15. The van der Waals surface area contributed by atoms with E-state index in [4.69, 9.17) is 4.74 Å². The molecule has 0 unspecified atom stereocenters. The Bertz CT molecular complexity index is 1310. The number of pyridine rings is 1. The van der Waals surface area contributed by atoms with Crippen molar-refractivity contribution in [2.24, 2.45) is 5.41 Å². The average Bonchev–Trinajstić information content (AvgIpc) is 3.29. The van der Waals surface area contributed by atoms with Crippen molar-refractivity contribution in [3.05, 3.63) is 53.2 Å². The third kappa shape index (κ3) is 6.36. The molecule has 3 N–H and O–H groups in total. The highest BCUT2D eigenvalue weighted by atomic mass is 16.5. The number of H-pyrrole nitrogens is 1. The van der Waals surface area contributed by atoms with Crippen LogP contribution in [-0.2, 0) is 16.0 Å². The minimum atomic E-state index is -0.822. The number of piperidine rings is 1. The van der Waals surface area contributed by atoms with Crippen LogP contribution in [0.25, 0.3) is 11.2 Å². The van der Waals surface area contributed by atoms with Crippen LogP contribution in [0, 0.1) is 23.7 Å². The highest BCUT2D eigenvalue weighted by Crippen LogP contribution is 2.40.